The molecule has 24 heavy (non-hydrogen) atoms. The molecule has 0 atom stereocenters. The minimum atomic E-state index is -0.517. The van der Waals surface area contributed by atoms with Crippen LogP contribution in [0.1, 0.15) is 5.69 Å². The highest BCUT2D eigenvalue weighted by Crippen LogP contribution is 2.16. The van der Waals surface area contributed by atoms with Crippen LogP contribution in [0.5, 0.6) is 0 Å². The Morgan fingerprint density at radius 3 is 2.54 bits per heavy atom. The topological polar surface area (TPSA) is 78.9 Å². The molecule has 3 N–H and O–H groups in total. The fourth-order valence-corrected chi connectivity index (χ4v) is 2.49. The number of anilines is 2. The molecule has 0 aliphatic carbocycles. The van der Waals surface area contributed by atoms with Crippen molar-refractivity contribution in [3.63, 3.8) is 0 Å². The number of aromatic nitrogens is 2. The molecule has 0 saturated carbocycles. The summed E-state index contributed by atoms with van der Waals surface area (Å²) in [5.74, 6) is 0. The van der Waals surface area contributed by atoms with Gasteiger partial charge < -0.3 is 10.6 Å². The van der Waals surface area contributed by atoms with E-state index >= 15 is 0 Å². The number of aryl methyl sites for hydroxylation is 1. The molecule has 7 heteroatoms. The number of nitrogens with one attached hydrogen (secondary N) is 3. The molecule has 1 heterocycles. The van der Waals surface area contributed by atoms with Crippen molar-refractivity contribution in [3.05, 3.63) is 75.7 Å². The fraction of sp³-hybridized carbons (Fsp3) is 0.0588. The molecule has 122 valence electrons. The summed E-state index contributed by atoms with van der Waals surface area (Å²) in [7, 11) is 0. The number of urea groups is 1. The lowest BCUT2D eigenvalue weighted by Crippen LogP contribution is -2.24. The van der Waals surface area contributed by atoms with E-state index in [1.165, 1.54) is 4.68 Å². The van der Waals surface area contributed by atoms with Gasteiger partial charge in [0.1, 0.15) is 5.69 Å². The maximum atomic E-state index is 12.5. The zero-order valence-electron chi connectivity index (χ0n) is 12.8. The molecular formula is C17H15ClN4O2. The van der Waals surface area contributed by atoms with Gasteiger partial charge in [-0.25, -0.2) is 9.48 Å². The number of carbonyl (C=O) groups is 1. The van der Waals surface area contributed by atoms with Gasteiger partial charge in [0.25, 0.3) is 5.56 Å². The molecule has 0 radical (unpaired) electrons. The Bertz CT molecular complexity index is 931. The molecule has 0 bridgehead atoms. The number of carbonyl (C=O) groups excluding carboxylic acids is 1. The van der Waals surface area contributed by atoms with E-state index in [1.54, 1.807) is 43.3 Å². The number of nitrogens with zero attached hydrogens (tertiary/aromatic N) is 1. The lowest BCUT2D eigenvalue weighted by molar-refractivity contribution is 0.262. The Balaban J connectivity index is 1.82. The normalized spacial score (nSPS) is 10.4. The first kappa shape index (κ1) is 15.9. The van der Waals surface area contributed by atoms with Crippen molar-refractivity contribution in [3.8, 4) is 5.69 Å². The monoisotopic (exact) mass is 342 g/mol. The summed E-state index contributed by atoms with van der Waals surface area (Å²) in [5, 5.41) is 8.68. The van der Waals surface area contributed by atoms with Crippen LogP contribution in [-0.2, 0) is 0 Å². The van der Waals surface area contributed by atoms with Crippen molar-refractivity contribution in [1.29, 1.82) is 0 Å². The molecule has 0 unspecified atom stereocenters. The second-order valence-electron chi connectivity index (χ2n) is 5.18. The minimum Gasteiger partial charge on any atom is -0.308 e. The molecular weight excluding hydrogens is 328 g/mol. The number of halogens is 1. The maximum absolute atomic E-state index is 12.5. The molecule has 6 nitrogen and oxygen atoms in total. The van der Waals surface area contributed by atoms with E-state index in [2.05, 4.69) is 15.7 Å². The van der Waals surface area contributed by atoms with Crippen LogP contribution in [0.4, 0.5) is 16.2 Å². The SMILES string of the molecule is Cc1[nH]n(-c2ccccc2)c(=O)c1NC(=O)Nc1cccc(Cl)c1. The second kappa shape index (κ2) is 6.64. The predicted molar refractivity (Wildman–Crippen MR) is 95.2 cm³/mol. The van der Waals surface area contributed by atoms with Gasteiger partial charge in [-0.3, -0.25) is 9.89 Å². The summed E-state index contributed by atoms with van der Waals surface area (Å²) in [6, 6.07) is 15.4. The van der Waals surface area contributed by atoms with Gasteiger partial charge in [-0.1, -0.05) is 35.9 Å². The van der Waals surface area contributed by atoms with Crippen LogP contribution < -0.4 is 16.2 Å². The number of benzene rings is 2. The summed E-state index contributed by atoms with van der Waals surface area (Å²) in [6.07, 6.45) is 0. The van der Waals surface area contributed by atoms with Gasteiger partial charge in [-0.05, 0) is 37.3 Å². The summed E-state index contributed by atoms with van der Waals surface area (Å²) in [6.45, 7) is 1.72. The highest BCUT2D eigenvalue weighted by molar-refractivity contribution is 6.30. The van der Waals surface area contributed by atoms with Crippen molar-refractivity contribution in [2.75, 3.05) is 10.6 Å². The van der Waals surface area contributed by atoms with Crippen molar-refractivity contribution in [2.24, 2.45) is 0 Å². The van der Waals surface area contributed by atoms with Crippen molar-refractivity contribution >= 4 is 29.0 Å². The molecule has 0 aliphatic rings. The number of para-hydroxylation sites is 1. The van der Waals surface area contributed by atoms with Gasteiger partial charge in [0.05, 0.1) is 11.4 Å². The zero-order valence-corrected chi connectivity index (χ0v) is 13.6. The molecule has 0 aliphatic heterocycles. The first-order valence-corrected chi connectivity index (χ1v) is 7.63. The van der Waals surface area contributed by atoms with Crippen molar-refractivity contribution in [2.45, 2.75) is 6.92 Å². The van der Waals surface area contributed by atoms with E-state index in [0.717, 1.165) is 0 Å². The third-order valence-corrected chi connectivity index (χ3v) is 3.64. The molecule has 3 rings (SSSR count). The molecule has 3 aromatic rings. The van der Waals surface area contributed by atoms with Gasteiger partial charge in [-0.15, -0.1) is 0 Å². The Hall–Kier alpha value is -2.99. The Morgan fingerprint density at radius 1 is 1.08 bits per heavy atom. The van der Waals surface area contributed by atoms with E-state index in [4.69, 9.17) is 11.6 Å². The highest BCUT2D eigenvalue weighted by Gasteiger charge is 2.15. The number of amides is 2. The van der Waals surface area contributed by atoms with E-state index in [1.807, 2.05) is 18.2 Å². The average Bonchev–Trinajstić information content (AvgIpc) is 2.84. The van der Waals surface area contributed by atoms with Crippen LogP contribution in [0, 0.1) is 6.92 Å². The van der Waals surface area contributed by atoms with Gasteiger partial charge in [0, 0.05) is 10.7 Å². The van der Waals surface area contributed by atoms with Crippen LogP contribution in [-0.4, -0.2) is 15.8 Å². The first-order valence-electron chi connectivity index (χ1n) is 7.25. The molecule has 0 fully saturated rings. The van der Waals surface area contributed by atoms with Gasteiger partial charge in [-0.2, -0.15) is 0 Å². The second-order valence-corrected chi connectivity index (χ2v) is 5.61. The first-order chi connectivity index (χ1) is 11.5. The number of H-pyrrole nitrogens is 1. The van der Waals surface area contributed by atoms with Gasteiger partial charge in [0.15, 0.2) is 0 Å². The average molecular weight is 343 g/mol. The number of rotatable bonds is 3. The smallest absolute Gasteiger partial charge is 0.308 e. The summed E-state index contributed by atoms with van der Waals surface area (Å²) in [4.78, 5) is 24.6. The Morgan fingerprint density at radius 2 is 1.83 bits per heavy atom. The molecule has 1 aromatic heterocycles. The van der Waals surface area contributed by atoms with E-state index in [9.17, 15) is 9.59 Å². The zero-order chi connectivity index (χ0) is 17.1. The van der Waals surface area contributed by atoms with Crippen LogP contribution in [0.2, 0.25) is 5.02 Å². The lowest BCUT2D eigenvalue weighted by Gasteiger charge is -2.06. The number of hydrogen-bond donors (Lipinski definition) is 3. The van der Waals surface area contributed by atoms with E-state index < -0.39 is 6.03 Å². The molecule has 2 amide bonds. The standard InChI is InChI=1S/C17H15ClN4O2/c1-11-15(16(23)22(21-11)14-8-3-2-4-9-14)20-17(24)19-13-7-5-6-12(18)10-13/h2-10,21H,1H3,(H2,19,20,24). The third-order valence-electron chi connectivity index (χ3n) is 3.41. The number of hydrogen-bond acceptors (Lipinski definition) is 2. The lowest BCUT2D eigenvalue weighted by atomic mass is 10.3. The van der Waals surface area contributed by atoms with Gasteiger partial charge >= 0.3 is 6.03 Å². The quantitative estimate of drug-likeness (QED) is 0.677. The summed E-state index contributed by atoms with van der Waals surface area (Å²) < 4.78 is 1.38. The van der Waals surface area contributed by atoms with E-state index in [0.29, 0.717) is 22.1 Å². The van der Waals surface area contributed by atoms with Crippen LogP contribution >= 0.6 is 11.6 Å². The van der Waals surface area contributed by atoms with Crippen molar-refractivity contribution < 1.29 is 4.79 Å². The Labute approximate surface area is 143 Å². The maximum Gasteiger partial charge on any atom is 0.323 e. The van der Waals surface area contributed by atoms with E-state index in [-0.39, 0.29) is 11.2 Å². The molecule has 0 saturated heterocycles. The Kier molecular flexibility index (Phi) is 4.39. The van der Waals surface area contributed by atoms with Crippen LogP contribution in [0.3, 0.4) is 0 Å². The number of aromatic amines is 1. The molecule has 0 spiro atoms. The highest BCUT2D eigenvalue weighted by atomic mass is 35.5. The summed E-state index contributed by atoms with van der Waals surface area (Å²) in [5.41, 5.74) is 1.65. The molecule has 2 aromatic carbocycles. The van der Waals surface area contributed by atoms with Crippen LogP contribution in [0.15, 0.2) is 59.4 Å². The van der Waals surface area contributed by atoms with Crippen LogP contribution in [0.25, 0.3) is 5.69 Å². The van der Waals surface area contributed by atoms with Crippen molar-refractivity contribution in [1.82, 2.24) is 9.78 Å². The minimum absolute atomic E-state index is 0.193. The predicted octanol–water partition coefficient (Wildman–Crippen LogP) is 3.77. The summed E-state index contributed by atoms with van der Waals surface area (Å²) >= 11 is 5.88. The van der Waals surface area contributed by atoms with Gasteiger partial charge in [0.2, 0.25) is 0 Å². The third kappa shape index (κ3) is 3.33. The largest absolute Gasteiger partial charge is 0.323 e. The fourth-order valence-electron chi connectivity index (χ4n) is 2.29.